The van der Waals surface area contributed by atoms with Crippen molar-refractivity contribution in [2.45, 2.75) is 6.42 Å². The van der Waals surface area contributed by atoms with Gasteiger partial charge in [0.05, 0.1) is 0 Å². The topological polar surface area (TPSA) is 70.8 Å². The first kappa shape index (κ1) is 10.5. The molecule has 0 saturated heterocycles. The van der Waals surface area contributed by atoms with E-state index in [4.69, 9.17) is 5.73 Å². The SMILES string of the molecule is CN(CCc1ccccc1)c1nnc(N)[nH]1. The number of aromatic amines is 1. The van der Waals surface area contributed by atoms with Gasteiger partial charge in [0, 0.05) is 13.6 Å². The van der Waals surface area contributed by atoms with E-state index < -0.39 is 0 Å². The maximum atomic E-state index is 5.47. The molecule has 0 aliphatic rings. The maximum Gasteiger partial charge on any atom is 0.225 e. The second-order valence-corrected chi connectivity index (χ2v) is 3.69. The fourth-order valence-electron chi connectivity index (χ4n) is 1.48. The number of nitrogen functional groups attached to an aromatic ring is 1. The van der Waals surface area contributed by atoms with Crippen LogP contribution in [0.3, 0.4) is 0 Å². The van der Waals surface area contributed by atoms with E-state index in [1.807, 2.05) is 30.1 Å². The predicted molar refractivity (Wildman–Crippen MR) is 64.2 cm³/mol. The maximum absolute atomic E-state index is 5.47. The Morgan fingerprint density at radius 2 is 2.00 bits per heavy atom. The molecule has 0 saturated carbocycles. The molecule has 5 nitrogen and oxygen atoms in total. The van der Waals surface area contributed by atoms with Crippen molar-refractivity contribution in [1.29, 1.82) is 0 Å². The van der Waals surface area contributed by atoms with Crippen molar-refractivity contribution in [3.63, 3.8) is 0 Å². The summed E-state index contributed by atoms with van der Waals surface area (Å²) < 4.78 is 0. The van der Waals surface area contributed by atoms with E-state index in [0.717, 1.165) is 13.0 Å². The molecule has 1 aromatic heterocycles. The summed E-state index contributed by atoms with van der Waals surface area (Å²) in [6.45, 7) is 0.874. The van der Waals surface area contributed by atoms with Crippen molar-refractivity contribution in [3.8, 4) is 0 Å². The van der Waals surface area contributed by atoms with Crippen molar-refractivity contribution in [2.24, 2.45) is 0 Å². The molecule has 0 radical (unpaired) electrons. The molecular weight excluding hydrogens is 202 g/mol. The van der Waals surface area contributed by atoms with Crippen molar-refractivity contribution in [3.05, 3.63) is 35.9 Å². The quantitative estimate of drug-likeness (QED) is 0.803. The minimum absolute atomic E-state index is 0.349. The van der Waals surface area contributed by atoms with Crippen LogP contribution in [-0.4, -0.2) is 28.8 Å². The fraction of sp³-hybridized carbons (Fsp3) is 0.273. The first-order valence-electron chi connectivity index (χ1n) is 5.19. The number of likely N-dealkylation sites (N-methyl/N-ethyl adjacent to an activating group) is 1. The smallest absolute Gasteiger partial charge is 0.225 e. The predicted octanol–water partition coefficient (Wildman–Crippen LogP) is 1.07. The van der Waals surface area contributed by atoms with Gasteiger partial charge < -0.3 is 10.6 Å². The molecule has 5 heteroatoms. The van der Waals surface area contributed by atoms with Gasteiger partial charge in [-0.2, -0.15) is 0 Å². The average molecular weight is 217 g/mol. The second-order valence-electron chi connectivity index (χ2n) is 3.69. The lowest BCUT2D eigenvalue weighted by molar-refractivity contribution is 0.841. The third-order valence-electron chi connectivity index (χ3n) is 2.43. The Bertz CT molecular complexity index is 437. The summed E-state index contributed by atoms with van der Waals surface area (Å²) in [6, 6.07) is 10.3. The first-order chi connectivity index (χ1) is 7.75. The molecule has 16 heavy (non-hydrogen) atoms. The van der Waals surface area contributed by atoms with Gasteiger partial charge in [0.2, 0.25) is 11.9 Å². The number of nitrogens with one attached hydrogen (secondary N) is 1. The van der Waals surface area contributed by atoms with Crippen molar-refractivity contribution >= 4 is 11.9 Å². The molecule has 0 unspecified atom stereocenters. The zero-order valence-corrected chi connectivity index (χ0v) is 9.22. The molecule has 3 N–H and O–H groups in total. The van der Waals surface area contributed by atoms with Crippen molar-refractivity contribution < 1.29 is 0 Å². The molecule has 2 aromatic rings. The van der Waals surface area contributed by atoms with Crippen LogP contribution >= 0.6 is 0 Å². The summed E-state index contributed by atoms with van der Waals surface area (Å²) in [4.78, 5) is 4.89. The van der Waals surface area contributed by atoms with E-state index in [2.05, 4.69) is 27.3 Å². The zero-order valence-electron chi connectivity index (χ0n) is 9.22. The Morgan fingerprint density at radius 1 is 1.25 bits per heavy atom. The fourth-order valence-corrected chi connectivity index (χ4v) is 1.48. The van der Waals surface area contributed by atoms with Gasteiger partial charge in [-0.05, 0) is 12.0 Å². The zero-order chi connectivity index (χ0) is 11.4. The van der Waals surface area contributed by atoms with E-state index in [0.29, 0.717) is 11.9 Å². The highest BCUT2D eigenvalue weighted by molar-refractivity contribution is 5.33. The summed E-state index contributed by atoms with van der Waals surface area (Å²) in [5.41, 5.74) is 6.78. The van der Waals surface area contributed by atoms with Gasteiger partial charge in [0.25, 0.3) is 0 Å². The van der Waals surface area contributed by atoms with Gasteiger partial charge in [-0.15, -0.1) is 10.2 Å². The number of hydrogen-bond acceptors (Lipinski definition) is 4. The lowest BCUT2D eigenvalue weighted by Crippen LogP contribution is -2.21. The van der Waals surface area contributed by atoms with Crippen LogP contribution < -0.4 is 10.6 Å². The van der Waals surface area contributed by atoms with Crippen LogP contribution in [0.5, 0.6) is 0 Å². The standard InChI is InChI=1S/C11H15N5/c1-16(11-13-10(12)14-15-11)8-7-9-5-3-2-4-6-9/h2-6H,7-8H2,1H3,(H3,12,13,14,15). The molecule has 0 fully saturated rings. The van der Waals surface area contributed by atoms with Crippen molar-refractivity contribution in [2.75, 3.05) is 24.2 Å². The molecular formula is C11H15N5. The monoisotopic (exact) mass is 217 g/mol. The highest BCUT2D eigenvalue weighted by Gasteiger charge is 2.05. The van der Waals surface area contributed by atoms with Crippen LogP contribution in [-0.2, 0) is 6.42 Å². The second kappa shape index (κ2) is 4.65. The Morgan fingerprint density at radius 3 is 2.62 bits per heavy atom. The number of H-pyrrole nitrogens is 1. The van der Waals surface area contributed by atoms with E-state index in [1.54, 1.807) is 0 Å². The van der Waals surface area contributed by atoms with E-state index >= 15 is 0 Å². The molecule has 2 rings (SSSR count). The van der Waals surface area contributed by atoms with Gasteiger partial charge in [0.1, 0.15) is 0 Å². The van der Waals surface area contributed by atoms with Gasteiger partial charge >= 0.3 is 0 Å². The average Bonchev–Trinajstić information content (AvgIpc) is 2.74. The highest BCUT2D eigenvalue weighted by atomic mass is 15.4. The molecule has 0 amide bonds. The molecule has 0 spiro atoms. The molecule has 0 aliphatic heterocycles. The van der Waals surface area contributed by atoms with Crippen LogP contribution in [0.1, 0.15) is 5.56 Å². The van der Waals surface area contributed by atoms with Crippen LogP contribution in [0.4, 0.5) is 11.9 Å². The lowest BCUT2D eigenvalue weighted by atomic mass is 10.1. The van der Waals surface area contributed by atoms with Crippen LogP contribution in [0, 0.1) is 0 Å². The number of rotatable bonds is 4. The number of nitrogens with zero attached hydrogens (tertiary/aromatic N) is 3. The van der Waals surface area contributed by atoms with E-state index in [-0.39, 0.29) is 0 Å². The Labute approximate surface area is 94.3 Å². The molecule has 1 aromatic carbocycles. The molecule has 84 valence electrons. The highest BCUT2D eigenvalue weighted by Crippen LogP contribution is 2.07. The first-order valence-corrected chi connectivity index (χ1v) is 5.19. The molecule has 0 atom stereocenters. The van der Waals surface area contributed by atoms with Crippen LogP contribution in [0.15, 0.2) is 30.3 Å². The van der Waals surface area contributed by atoms with Gasteiger partial charge in [-0.1, -0.05) is 30.3 Å². The number of nitrogens with two attached hydrogens (primary N) is 1. The van der Waals surface area contributed by atoms with Gasteiger partial charge in [0.15, 0.2) is 0 Å². The van der Waals surface area contributed by atoms with E-state index in [1.165, 1.54) is 5.56 Å². The Hall–Kier alpha value is -2.04. The van der Waals surface area contributed by atoms with Gasteiger partial charge in [-0.25, -0.2) is 0 Å². The molecule has 1 heterocycles. The third-order valence-corrected chi connectivity index (χ3v) is 2.43. The summed E-state index contributed by atoms with van der Waals surface area (Å²) in [6.07, 6.45) is 0.970. The molecule has 0 aliphatic carbocycles. The van der Waals surface area contributed by atoms with E-state index in [9.17, 15) is 0 Å². The number of aromatic nitrogens is 3. The van der Waals surface area contributed by atoms with Gasteiger partial charge in [-0.3, -0.25) is 4.98 Å². The molecule has 0 bridgehead atoms. The number of anilines is 2. The number of benzene rings is 1. The largest absolute Gasteiger partial charge is 0.368 e. The minimum atomic E-state index is 0.349. The summed E-state index contributed by atoms with van der Waals surface area (Å²) >= 11 is 0. The lowest BCUT2D eigenvalue weighted by Gasteiger charge is -2.14. The summed E-state index contributed by atoms with van der Waals surface area (Å²) in [5, 5.41) is 7.65. The summed E-state index contributed by atoms with van der Waals surface area (Å²) in [7, 11) is 1.96. The Balaban J connectivity index is 1.91. The van der Waals surface area contributed by atoms with Crippen LogP contribution in [0.2, 0.25) is 0 Å². The number of hydrogen-bond donors (Lipinski definition) is 2. The Kier molecular flexibility index (Phi) is 3.05. The van der Waals surface area contributed by atoms with Crippen LogP contribution in [0.25, 0.3) is 0 Å². The summed E-state index contributed by atoms with van der Waals surface area (Å²) in [5.74, 6) is 1.05. The minimum Gasteiger partial charge on any atom is -0.368 e. The normalized spacial score (nSPS) is 10.3. The third kappa shape index (κ3) is 2.50. The van der Waals surface area contributed by atoms with Crippen molar-refractivity contribution in [1.82, 2.24) is 15.2 Å².